The van der Waals surface area contributed by atoms with Crippen LogP contribution in [0, 0.1) is 16.2 Å². The molecule has 86 heavy (non-hydrogen) atoms. The molecule has 2 atom stereocenters. The molecule has 3 N–H and O–H groups in total. The number of benzene rings is 3. The standard InChI is InChI=1S/C65H81N3O14S2.2Na/c1-60(2)49-17-7-9-19-51(49)67(36-11-5-6-21-55(69)66-65-42-62(33-30-56(70)71)39-63(43-65,34-31-57(72)73)41-64(40-62,44-65)35-32-58(74)75)53(60)28-22-45-15-14-16-46(59(45)82-47-24-26-48(27-25-47)84(79,80)81)23-29-54-61(3,4)50-18-8-10-20-52(50)68(54)37-12-13-38-83(76,77)78;;/h7-10,17-20,22-29H,5-6,11-16,21,30-44H2,1-4H3,(H5-,66,69,70,71,72,73,74,75,76,77,78,79,80,81);;/q;2*+1/p-2. The third-order valence-corrected chi connectivity index (χ3v) is 20.6. The number of nitrogens with zero attached hydrogens (tertiary/aromatic N) is 2. The SMILES string of the molecule is CC1(C)C(/C=C/C2=C(Oc3ccc(S(=O)(=O)[O-])cc3)C(=C/C=C3\N(CCCCS(=O)(=O)[O-])c4ccccc4C3(C)C)/CCC2)=[N+](CCCCCC(=O)NC23CC4(CCC(=O)[O-])CC(CCC(=O)O)(CC(CCC(=O)O)(C4)C2)C3)c2ccccc21.[Na+].[Na+]. The fourth-order valence-electron chi connectivity index (χ4n) is 16.2. The first kappa shape index (κ1) is 69.1. The van der Waals surface area contributed by atoms with Crippen molar-refractivity contribution in [2.45, 2.75) is 184 Å². The van der Waals surface area contributed by atoms with E-state index in [9.17, 15) is 60.4 Å². The molecule has 21 heteroatoms. The molecule has 2 aliphatic heterocycles. The molecule has 4 bridgehead atoms. The molecule has 0 saturated heterocycles. The Balaban J connectivity index is 0.00000529. The van der Waals surface area contributed by atoms with E-state index in [0.717, 1.165) is 64.3 Å². The van der Waals surface area contributed by atoms with Gasteiger partial charge in [0.25, 0.3) is 0 Å². The molecule has 3 aromatic carbocycles. The Hall–Kier alpha value is -4.41. The van der Waals surface area contributed by atoms with Gasteiger partial charge in [-0.3, -0.25) is 14.4 Å². The number of carboxylic acid groups (broad SMARTS) is 3. The Labute approximate surface area is 551 Å². The number of nitrogens with one attached hydrogen (secondary N) is 1. The van der Waals surface area contributed by atoms with Gasteiger partial charge in [0, 0.05) is 84.0 Å². The number of amides is 1. The van der Waals surface area contributed by atoms with E-state index in [-0.39, 0.29) is 102 Å². The molecule has 0 radical (unpaired) electrons. The number of rotatable bonds is 27. The van der Waals surface area contributed by atoms with Gasteiger partial charge in [-0.2, -0.15) is 4.58 Å². The van der Waals surface area contributed by atoms with Crippen LogP contribution in [0.4, 0.5) is 11.4 Å². The average molecular weight is 1240 g/mol. The number of unbranched alkanes of at least 4 members (excludes halogenated alkanes) is 3. The Morgan fingerprint density at radius 2 is 1.27 bits per heavy atom. The van der Waals surface area contributed by atoms with Crippen LogP contribution in [0.5, 0.6) is 5.75 Å². The van der Waals surface area contributed by atoms with Gasteiger partial charge >= 0.3 is 71.1 Å². The predicted molar refractivity (Wildman–Crippen MR) is 313 cm³/mol. The van der Waals surface area contributed by atoms with E-state index in [0.29, 0.717) is 108 Å². The first-order chi connectivity index (χ1) is 39.6. The largest absolute Gasteiger partial charge is 1.00 e. The minimum atomic E-state index is -4.71. The summed E-state index contributed by atoms with van der Waals surface area (Å²) in [4.78, 5) is 51.8. The Kier molecular flexibility index (Phi) is 22.0. The maximum absolute atomic E-state index is 14.2. The molecule has 0 aromatic heterocycles. The van der Waals surface area contributed by atoms with Gasteiger partial charge in [-0.1, -0.05) is 56.3 Å². The number of carbonyl (C=O) groups excluding carboxylic acids is 2. The molecular formula is C65H79N3Na2O14S2. The summed E-state index contributed by atoms with van der Waals surface area (Å²) in [5.41, 5.74) is 5.22. The third kappa shape index (κ3) is 15.8. The van der Waals surface area contributed by atoms with Crippen molar-refractivity contribution in [3.8, 4) is 5.75 Å². The number of carbonyl (C=O) groups is 4. The van der Waals surface area contributed by atoms with Crippen LogP contribution in [0.2, 0.25) is 0 Å². The summed E-state index contributed by atoms with van der Waals surface area (Å²) >= 11 is 0. The molecule has 0 spiro atoms. The minimum Gasteiger partial charge on any atom is -0.748 e. The molecule has 17 nitrogen and oxygen atoms in total. The second kappa shape index (κ2) is 27.4. The first-order valence-electron chi connectivity index (χ1n) is 29.6. The zero-order valence-corrected chi connectivity index (χ0v) is 56.3. The number of carboxylic acids is 3. The zero-order valence-electron chi connectivity index (χ0n) is 50.7. The molecule has 5 aliphatic carbocycles. The summed E-state index contributed by atoms with van der Waals surface area (Å²) in [7, 11) is -9.07. The number of hydrogen-bond donors (Lipinski definition) is 3. The summed E-state index contributed by atoms with van der Waals surface area (Å²) in [6, 6.07) is 21.8. The molecule has 2 unspecified atom stereocenters. The molecule has 2 heterocycles. The van der Waals surface area contributed by atoms with Gasteiger partial charge in [-0.05, 0) is 198 Å². The van der Waals surface area contributed by atoms with Crippen LogP contribution in [-0.4, -0.2) is 94.6 Å². The van der Waals surface area contributed by atoms with Crippen LogP contribution in [0.25, 0.3) is 0 Å². The van der Waals surface area contributed by atoms with Crippen molar-refractivity contribution in [3.05, 3.63) is 131 Å². The molecule has 10 rings (SSSR count). The van der Waals surface area contributed by atoms with Crippen LogP contribution >= 0.6 is 0 Å². The quantitative estimate of drug-likeness (QED) is 0.0421. The molecule has 3 aromatic rings. The number of aliphatic carboxylic acids is 3. The maximum Gasteiger partial charge on any atom is 1.00 e. The summed E-state index contributed by atoms with van der Waals surface area (Å²) in [5, 5.41) is 34.9. The summed E-state index contributed by atoms with van der Waals surface area (Å²) in [5.74, 6) is -2.63. The number of para-hydroxylation sites is 2. The van der Waals surface area contributed by atoms with Gasteiger partial charge in [0.15, 0.2) is 5.71 Å². The van der Waals surface area contributed by atoms with Crippen LogP contribution < -0.4 is 79.2 Å². The Bertz CT molecular complexity index is 3390. The van der Waals surface area contributed by atoms with Crippen LogP contribution in [0.15, 0.2) is 125 Å². The maximum atomic E-state index is 14.2. The number of fused-ring (bicyclic) bond motifs is 2. The van der Waals surface area contributed by atoms with Crippen molar-refractivity contribution in [1.29, 1.82) is 0 Å². The molecule has 452 valence electrons. The molecule has 1 amide bonds. The Morgan fingerprint density at radius 1 is 0.674 bits per heavy atom. The fraction of sp³-hybridized carbons (Fsp3) is 0.523. The van der Waals surface area contributed by atoms with Crippen molar-refractivity contribution in [1.82, 2.24) is 5.32 Å². The van der Waals surface area contributed by atoms with E-state index in [1.54, 1.807) is 0 Å². The summed E-state index contributed by atoms with van der Waals surface area (Å²) in [6.45, 7) is 9.83. The number of ether oxygens (including phenoxy) is 1. The Morgan fingerprint density at radius 3 is 1.86 bits per heavy atom. The molecule has 7 aliphatic rings. The monoisotopic (exact) mass is 1240 g/mol. The van der Waals surface area contributed by atoms with Crippen molar-refractivity contribution >= 4 is 61.1 Å². The van der Waals surface area contributed by atoms with E-state index >= 15 is 0 Å². The van der Waals surface area contributed by atoms with E-state index in [2.05, 4.69) is 85.0 Å². The fourth-order valence-corrected chi connectivity index (χ4v) is 17.3. The van der Waals surface area contributed by atoms with E-state index in [1.807, 2.05) is 30.3 Å². The van der Waals surface area contributed by atoms with Crippen LogP contribution in [0.1, 0.15) is 174 Å². The second-order valence-electron chi connectivity index (χ2n) is 26.1. The third-order valence-electron chi connectivity index (χ3n) is 19.0. The van der Waals surface area contributed by atoms with Crippen molar-refractivity contribution in [2.75, 3.05) is 23.7 Å². The van der Waals surface area contributed by atoms with Crippen molar-refractivity contribution in [2.24, 2.45) is 16.2 Å². The van der Waals surface area contributed by atoms with Gasteiger partial charge in [0.1, 0.15) is 28.2 Å². The van der Waals surface area contributed by atoms with Crippen molar-refractivity contribution in [3.63, 3.8) is 0 Å². The van der Waals surface area contributed by atoms with E-state index < -0.39 is 76.5 Å². The number of allylic oxidation sites excluding steroid dienone is 7. The number of hydrogen-bond acceptors (Lipinski definition) is 13. The predicted octanol–water partition coefficient (Wildman–Crippen LogP) is 4.00. The van der Waals surface area contributed by atoms with Gasteiger partial charge in [0.2, 0.25) is 11.6 Å². The van der Waals surface area contributed by atoms with Gasteiger partial charge < -0.3 is 44.2 Å². The topological polar surface area (TPSA) is 274 Å². The average Bonchev–Trinajstić information content (AvgIpc) is 0.964. The molecule has 4 saturated carbocycles. The molecule has 4 fully saturated rings. The summed E-state index contributed by atoms with van der Waals surface area (Å²) in [6.07, 6.45) is 18.1. The normalized spacial score (nSPS) is 25.3. The van der Waals surface area contributed by atoms with E-state index in [1.165, 1.54) is 24.3 Å². The molecular weight excluding hydrogens is 1160 g/mol. The first-order valence-corrected chi connectivity index (χ1v) is 32.6. The van der Waals surface area contributed by atoms with Crippen LogP contribution in [0.3, 0.4) is 0 Å². The minimum absolute atomic E-state index is 0. The van der Waals surface area contributed by atoms with Gasteiger partial charge in [-0.15, -0.1) is 0 Å². The van der Waals surface area contributed by atoms with Gasteiger partial charge in [-0.25, -0.2) is 16.8 Å². The van der Waals surface area contributed by atoms with Crippen LogP contribution in [-0.2, 0) is 50.2 Å². The van der Waals surface area contributed by atoms with E-state index in [4.69, 9.17) is 4.74 Å². The second-order valence-corrected chi connectivity index (χ2v) is 29.0. The van der Waals surface area contributed by atoms with Crippen molar-refractivity contribution < 1.29 is 129 Å². The smallest absolute Gasteiger partial charge is 0.748 e. The van der Waals surface area contributed by atoms with Gasteiger partial charge in [0.05, 0.1) is 20.4 Å². The summed E-state index contributed by atoms with van der Waals surface area (Å²) < 4.78 is 79.4. The number of anilines is 1. The zero-order chi connectivity index (χ0) is 60.5.